The van der Waals surface area contributed by atoms with Gasteiger partial charge in [0.2, 0.25) is 0 Å². The summed E-state index contributed by atoms with van der Waals surface area (Å²) >= 11 is 0. The second kappa shape index (κ2) is 62.6. The fourth-order valence-electron chi connectivity index (χ4n) is 11.0. The fourth-order valence-corrected chi connectivity index (χ4v) is 12.6. The zero-order valence-corrected chi connectivity index (χ0v) is 62.0. The quantitative estimate of drug-likeness (QED) is 0.0222. The summed E-state index contributed by atoms with van der Waals surface area (Å²) in [5.74, 6) is 0.894. The van der Waals surface area contributed by atoms with Crippen molar-refractivity contribution >= 4 is 39.5 Å². The van der Waals surface area contributed by atoms with Crippen LogP contribution >= 0.6 is 15.6 Å². The molecule has 92 heavy (non-hydrogen) atoms. The van der Waals surface area contributed by atoms with Crippen LogP contribution in [0.1, 0.15) is 364 Å². The normalized spacial score (nSPS) is 14.5. The van der Waals surface area contributed by atoms with Gasteiger partial charge in [-0.2, -0.15) is 0 Å². The van der Waals surface area contributed by atoms with E-state index in [1.54, 1.807) is 0 Å². The maximum Gasteiger partial charge on any atom is 0.472 e. The lowest BCUT2D eigenvalue weighted by molar-refractivity contribution is -0.161. The zero-order chi connectivity index (χ0) is 68.2. The number of aliphatic hydroxyl groups excluding tert-OH is 1. The van der Waals surface area contributed by atoms with Gasteiger partial charge in [-0.3, -0.25) is 37.3 Å². The number of aliphatic hydroxyl groups is 1. The molecule has 0 aliphatic carbocycles. The topological polar surface area (TPSA) is 237 Å². The minimum atomic E-state index is -4.95. The van der Waals surface area contributed by atoms with Crippen LogP contribution in [0.25, 0.3) is 0 Å². The number of hydrogen-bond donors (Lipinski definition) is 3. The van der Waals surface area contributed by atoms with E-state index in [9.17, 15) is 43.2 Å². The summed E-state index contributed by atoms with van der Waals surface area (Å²) in [7, 11) is -9.91. The third kappa shape index (κ3) is 65.4. The highest BCUT2D eigenvalue weighted by atomic mass is 31.2. The Balaban J connectivity index is 5.25. The molecule has 0 aromatic heterocycles. The summed E-state index contributed by atoms with van der Waals surface area (Å²) in [6.07, 6.45) is 45.8. The lowest BCUT2D eigenvalue weighted by atomic mass is 10.00. The van der Waals surface area contributed by atoms with E-state index in [0.717, 1.165) is 120 Å². The first-order valence-electron chi connectivity index (χ1n) is 37.7. The van der Waals surface area contributed by atoms with Gasteiger partial charge in [0.25, 0.3) is 0 Å². The number of ether oxygens (including phenoxy) is 4. The van der Waals surface area contributed by atoms with E-state index in [2.05, 4.69) is 55.4 Å². The van der Waals surface area contributed by atoms with E-state index in [1.165, 1.54) is 161 Å². The second-order valence-corrected chi connectivity index (χ2v) is 30.9. The Morgan fingerprint density at radius 1 is 0.304 bits per heavy atom. The largest absolute Gasteiger partial charge is 0.472 e. The van der Waals surface area contributed by atoms with Crippen molar-refractivity contribution in [2.75, 3.05) is 39.6 Å². The third-order valence-corrected chi connectivity index (χ3v) is 19.1. The SMILES string of the molecule is CCC(C)CCCCCCCCC(=O)OC[C@H](COP(=O)(O)OC[C@H](O)COP(=O)(O)OC[C@@H](COC(=O)CCCCCCCCCCC(C)C)OC(=O)CCCCCCCCCCCCCCC(C)C)OC(=O)CCCCCCCCCCCCCCCC(C)C. The van der Waals surface area contributed by atoms with E-state index >= 15 is 0 Å². The first-order chi connectivity index (χ1) is 44.1. The predicted molar refractivity (Wildman–Crippen MR) is 372 cm³/mol. The molecular formula is C73H142O17P2. The van der Waals surface area contributed by atoms with Crippen molar-refractivity contribution in [2.45, 2.75) is 382 Å². The molecule has 0 fully saturated rings. The lowest BCUT2D eigenvalue weighted by Gasteiger charge is -2.21. The molecule has 0 heterocycles. The maximum atomic E-state index is 13.0. The summed E-state index contributed by atoms with van der Waals surface area (Å²) < 4.78 is 68.4. The van der Waals surface area contributed by atoms with E-state index in [0.29, 0.717) is 25.7 Å². The summed E-state index contributed by atoms with van der Waals surface area (Å²) in [6.45, 7) is 14.1. The molecule has 0 radical (unpaired) electrons. The highest BCUT2D eigenvalue weighted by molar-refractivity contribution is 7.47. The number of carbonyl (C=O) groups excluding carboxylic acids is 4. The van der Waals surface area contributed by atoms with Crippen LogP contribution in [-0.4, -0.2) is 96.7 Å². The minimum absolute atomic E-state index is 0.106. The van der Waals surface area contributed by atoms with Gasteiger partial charge in [0.15, 0.2) is 12.2 Å². The lowest BCUT2D eigenvalue weighted by Crippen LogP contribution is -2.30. The van der Waals surface area contributed by atoms with Crippen LogP contribution in [0.2, 0.25) is 0 Å². The molecule has 19 heteroatoms. The van der Waals surface area contributed by atoms with E-state index in [4.69, 9.17) is 37.0 Å². The zero-order valence-electron chi connectivity index (χ0n) is 60.2. The summed E-state index contributed by atoms with van der Waals surface area (Å²) in [4.78, 5) is 72.7. The van der Waals surface area contributed by atoms with Gasteiger partial charge in [-0.15, -0.1) is 0 Å². The first-order valence-corrected chi connectivity index (χ1v) is 40.7. The van der Waals surface area contributed by atoms with Gasteiger partial charge in [-0.25, -0.2) is 9.13 Å². The van der Waals surface area contributed by atoms with Gasteiger partial charge in [0.05, 0.1) is 26.4 Å². The number of hydrogen-bond acceptors (Lipinski definition) is 15. The van der Waals surface area contributed by atoms with Crippen LogP contribution in [0.15, 0.2) is 0 Å². The number of phosphoric acid groups is 2. The Labute approximate surface area is 562 Å². The number of rotatable bonds is 70. The molecule has 0 aliphatic heterocycles. The van der Waals surface area contributed by atoms with Crippen LogP contribution in [0.4, 0.5) is 0 Å². The Morgan fingerprint density at radius 3 is 0.772 bits per heavy atom. The van der Waals surface area contributed by atoms with Gasteiger partial charge in [0.1, 0.15) is 19.3 Å². The van der Waals surface area contributed by atoms with Crippen molar-refractivity contribution in [3.8, 4) is 0 Å². The fraction of sp³-hybridized carbons (Fsp3) is 0.945. The van der Waals surface area contributed by atoms with Crippen LogP contribution in [0, 0.1) is 23.7 Å². The molecule has 6 atom stereocenters. The van der Waals surface area contributed by atoms with Gasteiger partial charge in [0, 0.05) is 25.7 Å². The highest BCUT2D eigenvalue weighted by Crippen LogP contribution is 2.45. The average molecular weight is 1350 g/mol. The smallest absolute Gasteiger partial charge is 0.462 e. The number of carbonyl (C=O) groups is 4. The van der Waals surface area contributed by atoms with Crippen molar-refractivity contribution < 1.29 is 80.2 Å². The monoisotopic (exact) mass is 1350 g/mol. The summed E-state index contributed by atoms with van der Waals surface area (Å²) in [5, 5.41) is 10.6. The van der Waals surface area contributed by atoms with Gasteiger partial charge in [-0.1, -0.05) is 312 Å². The first kappa shape index (κ1) is 90.1. The van der Waals surface area contributed by atoms with E-state index < -0.39 is 97.5 Å². The van der Waals surface area contributed by atoms with Crippen LogP contribution in [-0.2, 0) is 65.4 Å². The summed E-state index contributed by atoms with van der Waals surface area (Å²) in [6, 6.07) is 0. The second-order valence-electron chi connectivity index (χ2n) is 28.0. The average Bonchev–Trinajstić information content (AvgIpc) is 1.96. The molecule has 0 amide bonds. The standard InChI is InChI=1S/C73H142O17P2/c1-9-66(8)52-44-36-31-32-38-46-54-71(76)84-60-69(90-73(78)55-47-39-29-21-17-12-10-11-15-19-25-33-41-49-63(2)3)62-88-92(81,82)86-58-67(74)57-85-91(79,80)87-61-68(59-83-70(75)53-45-37-28-24-23-27-35-43-51-65(6)7)89-72(77)56-48-40-30-22-18-14-13-16-20-26-34-42-50-64(4)5/h63-69,74H,9-62H2,1-8H3,(H,79,80)(H,81,82)/t66?,67-,68-,69-/m1/s1. The molecule has 546 valence electrons. The Bertz CT molecular complexity index is 1820. The van der Waals surface area contributed by atoms with Gasteiger partial charge >= 0.3 is 39.5 Å². The van der Waals surface area contributed by atoms with Gasteiger partial charge < -0.3 is 33.8 Å². The van der Waals surface area contributed by atoms with E-state index in [1.807, 2.05) is 0 Å². The maximum absolute atomic E-state index is 13.0. The molecule has 0 saturated heterocycles. The number of esters is 4. The van der Waals surface area contributed by atoms with Crippen molar-refractivity contribution in [3.05, 3.63) is 0 Å². The third-order valence-electron chi connectivity index (χ3n) is 17.2. The van der Waals surface area contributed by atoms with Crippen molar-refractivity contribution in [1.82, 2.24) is 0 Å². The van der Waals surface area contributed by atoms with Gasteiger partial charge in [-0.05, 0) is 49.4 Å². The van der Waals surface area contributed by atoms with Crippen LogP contribution < -0.4 is 0 Å². The number of phosphoric ester groups is 2. The molecule has 0 aliphatic rings. The van der Waals surface area contributed by atoms with Crippen LogP contribution in [0.3, 0.4) is 0 Å². The predicted octanol–water partition coefficient (Wildman–Crippen LogP) is 20.9. The highest BCUT2D eigenvalue weighted by Gasteiger charge is 2.30. The minimum Gasteiger partial charge on any atom is -0.462 e. The molecule has 3 N–H and O–H groups in total. The van der Waals surface area contributed by atoms with Crippen molar-refractivity contribution in [1.29, 1.82) is 0 Å². The molecule has 0 saturated carbocycles. The Kier molecular flexibility index (Phi) is 61.3. The Hall–Kier alpha value is -1.94. The molecule has 0 aromatic carbocycles. The molecule has 0 spiro atoms. The molecule has 0 bridgehead atoms. The van der Waals surface area contributed by atoms with Crippen molar-refractivity contribution in [2.24, 2.45) is 23.7 Å². The Morgan fingerprint density at radius 2 is 0.522 bits per heavy atom. The van der Waals surface area contributed by atoms with E-state index in [-0.39, 0.29) is 25.7 Å². The molecular weight excluding hydrogens is 1210 g/mol. The summed E-state index contributed by atoms with van der Waals surface area (Å²) in [5.41, 5.74) is 0. The molecule has 3 unspecified atom stereocenters. The number of unbranched alkanes of at least 4 members (excludes halogenated alkanes) is 35. The molecule has 0 aromatic rings. The molecule has 17 nitrogen and oxygen atoms in total. The van der Waals surface area contributed by atoms with Crippen LogP contribution in [0.5, 0.6) is 0 Å². The molecule has 0 rings (SSSR count). The van der Waals surface area contributed by atoms with Crippen molar-refractivity contribution in [3.63, 3.8) is 0 Å².